The SMILES string of the molecule is Cc1ccn2nc(NC(=O)c3ccccc3C)nc2c1. The van der Waals surface area contributed by atoms with Gasteiger partial charge in [0, 0.05) is 11.8 Å². The number of hydrogen-bond donors (Lipinski definition) is 1. The smallest absolute Gasteiger partial charge is 0.258 e. The Morgan fingerprint density at radius 1 is 1.20 bits per heavy atom. The fourth-order valence-corrected chi connectivity index (χ4v) is 2.03. The molecule has 0 bridgehead atoms. The second kappa shape index (κ2) is 4.77. The quantitative estimate of drug-likeness (QED) is 0.775. The molecule has 2 heterocycles. The molecule has 3 rings (SSSR count). The molecule has 1 N–H and O–H groups in total. The number of aryl methyl sites for hydroxylation is 2. The number of hydrogen-bond acceptors (Lipinski definition) is 3. The highest BCUT2D eigenvalue weighted by Crippen LogP contribution is 2.11. The molecule has 100 valence electrons. The van der Waals surface area contributed by atoms with Crippen LogP contribution in [0.25, 0.3) is 5.65 Å². The summed E-state index contributed by atoms with van der Waals surface area (Å²) in [4.78, 5) is 16.5. The van der Waals surface area contributed by atoms with E-state index in [1.165, 1.54) is 0 Å². The molecule has 20 heavy (non-hydrogen) atoms. The second-order valence-corrected chi connectivity index (χ2v) is 4.71. The van der Waals surface area contributed by atoms with Gasteiger partial charge >= 0.3 is 0 Å². The summed E-state index contributed by atoms with van der Waals surface area (Å²) >= 11 is 0. The standard InChI is InChI=1S/C15H14N4O/c1-10-7-8-19-13(9-10)16-15(18-19)17-14(20)12-6-4-3-5-11(12)2/h3-9H,1-2H3,(H,17,18,20). The molecule has 5 heteroatoms. The first-order valence-electron chi connectivity index (χ1n) is 6.33. The Hall–Kier alpha value is -2.69. The van der Waals surface area contributed by atoms with Crippen molar-refractivity contribution in [2.45, 2.75) is 13.8 Å². The minimum atomic E-state index is -0.198. The Kier molecular flexibility index (Phi) is 2.95. The minimum Gasteiger partial charge on any atom is -0.289 e. The summed E-state index contributed by atoms with van der Waals surface area (Å²) in [6.07, 6.45) is 1.82. The third kappa shape index (κ3) is 2.25. The van der Waals surface area contributed by atoms with Gasteiger partial charge in [0.05, 0.1) is 0 Å². The predicted octanol–water partition coefficient (Wildman–Crippen LogP) is 2.60. The zero-order valence-corrected chi connectivity index (χ0v) is 11.3. The zero-order valence-electron chi connectivity index (χ0n) is 11.3. The van der Waals surface area contributed by atoms with Crippen LogP contribution in [0.1, 0.15) is 21.5 Å². The van der Waals surface area contributed by atoms with E-state index < -0.39 is 0 Å². The van der Waals surface area contributed by atoms with Gasteiger partial charge in [-0.1, -0.05) is 18.2 Å². The summed E-state index contributed by atoms with van der Waals surface area (Å²) < 4.78 is 1.64. The van der Waals surface area contributed by atoms with Crippen LogP contribution in [0.4, 0.5) is 5.95 Å². The van der Waals surface area contributed by atoms with Gasteiger partial charge in [0.2, 0.25) is 5.95 Å². The van der Waals surface area contributed by atoms with Gasteiger partial charge in [-0.05, 0) is 43.2 Å². The van der Waals surface area contributed by atoms with Crippen LogP contribution >= 0.6 is 0 Å². The van der Waals surface area contributed by atoms with Crippen molar-refractivity contribution < 1.29 is 4.79 Å². The monoisotopic (exact) mass is 266 g/mol. The molecule has 0 radical (unpaired) electrons. The highest BCUT2D eigenvalue weighted by Gasteiger charge is 2.11. The number of aromatic nitrogens is 3. The number of fused-ring (bicyclic) bond motifs is 1. The normalized spacial score (nSPS) is 10.7. The predicted molar refractivity (Wildman–Crippen MR) is 76.9 cm³/mol. The lowest BCUT2D eigenvalue weighted by molar-refractivity contribution is 0.102. The van der Waals surface area contributed by atoms with E-state index in [9.17, 15) is 4.79 Å². The Labute approximate surface area is 116 Å². The average molecular weight is 266 g/mol. The van der Waals surface area contributed by atoms with Crippen molar-refractivity contribution >= 4 is 17.5 Å². The van der Waals surface area contributed by atoms with E-state index in [0.29, 0.717) is 17.2 Å². The molecule has 0 saturated heterocycles. The lowest BCUT2D eigenvalue weighted by Crippen LogP contribution is -2.14. The number of anilines is 1. The molecule has 0 spiro atoms. The molecule has 0 aliphatic rings. The summed E-state index contributed by atoms with van der Waals surface area (Å²) in [5, 5.41) is 6.95. The number of pyridine rings is 1. The highest BCUT2D eigenvalue weighted by molar-refractivity contribution is 6.04. The van der Waals surface area contributed by atoms with E-state index in [0.717, 1.165) is 11.1 Å². The minimum absolute atomic E-state index is 0.198. The lowest BCUT2D eigenvalue weighted by atomic mass is 10.1. The number of carbonyl (C=O) groups is 1. The maximum absolute atomic E-state index is 12.2. The van der Waals surface area contributed by atoms with Crippen LogP contribution in [0.2, 0.25) is 0 Å². The van der Waals surface area contributed by atoms with Gasteiger partial charge in [-0.3, -0.25) is 10.1 Å². The maximum atomic E-state index is 12.2. The molecule has 0 fully saturated rings. The van der Waals surface area contributed by atoms with Crippen molar-refractivity contribution in [2.24, 2.45) is 0 Å². The fraction of sp³-hybridized carbons (Fsp3) is 0.133. The molecule has 0 aliphatic carbocycles. The van der Waals surface area contributed by atoms with Crippen molar-refractivity contribution in [1.29, 1.82) is 0 Å². The Morgan fingerprint density at radius 2 is 2.00 bits per heavy atom. The van der Waals surface area contributed by atoms with E-state index in [-0.39, 0.29) is 5.91 Å². The number of rotatable bonds is 2. The van der Waals surface area contributed by atoms with Crippen molar-refractivity contribution in [3.63, 3.8) is 0 Å². The molecular formula is C15H14N4O. The molecule has 3 aromatic rings. The number of carbonyl (C=O) groups excluding carboxylic acids is 1. The van der Waals surface area contributed by atoms with Gasteiger partial charge in [-0.15, -0.1) is 5.10 Å². The molecule has 0 unspecified atom stereocenters. The first-order valence-corrected chi connectivity index (χ1v) is 6.33. The van der Waals surface area contributed by atoms with Crippen LogP contribution in [-0.4, -0.2) is 20.5 Å². The molecule has 2 aromatic heterocycles. The van der Waals surface area contributed by atoms with Gasteiger partial charge < -0.3 is 0 Å². The van der Waals surface area contributed by atoms with Crippen LogP contribution in [0.5, 0.6) is 0 Å². The fourth-order valence-electron chi connectivity index (χ4n) is 2.03. The van der Waals surface area contributed by atoms with Gasteiger partial charge in [-0.25, -0.2) is 4.52 Å². The molecule has 1 amide bonds. The van der Waals surface area contributed by atoms with Crippen LogP contribution in [0.3, 0.4) is 0 Å². The Balaban J connectivity index is 1.89. The Morgan fingerprint density at radius 3 is 2.80 bits per heavy atom. The summed E-state index contributed by atoms with van der Waals surface area (Å²) in [7, 11) is 0. The van der Waals surface area contributed by atoms with Crippen molar-refractivity contribution in [3.05, 3.63) is 59.3 Å². The first kappa shape index (κ1) is 12.3. The molecule has 0 saturated carbocycles. The summed E-state index contributed by atoms with van der Waals surface area (Å²) in [6.45, 7) is 3.88. The van der Waals surface area contributed by atoms with Crippen LogP contribution in [0.15, 0.2) is 42.6 Å². The topological polar surface area (TPSA) is 59.3 Å². The van der Waals surface area contributed by atoms with Crippen LogP contribution in [-0.2, 0) is 0 Å². The third-order valence-corrected chi connectivity index (χ3v) is 3.11. The van der Waals surface area contributed by atoms with Crippen molar-refractivity contribution in [2.75, 3.05) is 5.32 Å². The van der Waals surface area contributed by atoms with Crippen molar-refractivity contribution in [1.82, 2.24) is 14.6 Å². The Bertz CT molecular complexity index is 791. The van der Waals surface area contributed by atoms with E-state index in [4.69, 9.17) is 0 Å². The number of amides is 1. The van der Waals surface area contributed by atoms with Gasteiger partial charge in [0.1, 0.15) is 0 Å². The maximum Gasteiger partial charge on any atom is 0.258 e. The lowest BCUT2D eigenvalue weighted by Gasteiger charge is -2.03. The number of nitrogens with one attached hydrogen (secondary N) is 1. The molecule has 1 aromatic carbocycles. The molecule has 5 nitrogen and oxygen atoms in total. The summed E-state index contributed by atoms with van der Waals surface area (Å²) in [5.74, 6) is 0.111. The number of nitrogens with zero attached hydrogens (tertiary/aromatic N) is 3. The third-order valence-electron chi connectivity index (χ3n) is 3.11. The van der Waals surface area contributed by atoms with E-state index >= 15 is 0 Å². The van der Waals surface area contributed by atoms with Gasteiger partial charge in [0.25, 0.3) is 5.91 Å². The zero-order chi connectivity index (χ0) is 14.1. The average Bonchev–Trinajstić information content (AvgIpc) is 2.80. The van der Waals surface area contributed by atoms with E-state index in [1.807, 2.05) is 50.4 Å². The largest absolute Gasteiger partial charge is 0.289 e. The van der Waals surface area contributed by atoms with Gasteiger partial charge in [-0.2, -0.15) is 4.98 Å². The van der Waals surface area contributed by atoms with E-state index in [2.05, 4.69) is 15.4 Å². The van der Waals surface area contributed by atoms with E-state index in [1.54, 1.807) is 10.6 Å². The van der Waals surface area contributed by atoms with Crippen LogP contribution < -0.4 is 5.32 Å². The molecular weight excluding hydrogens is 252 g/mol. The molecule has 0 atom stereocenters. The summed E-state index contributed by atoms with van der Waals surface area (Å²) in [5.41, 5.74) is 3.36. The van der Waals surface area contributed by atoms with Crippen molar-refractivity contribution in [3.8, 4) is 0 Å². The second-order valence-electron chi connectivity index (χ2n) is 4.71. The first-order chi connectivity index (χ1) is 9.63. The summed E-state index contributed by atoms with van der Waals surface area (Å²) in [6, 6.07) is 11.3. The van der Waals surface area contributed by atoms with Gasteiger partial charge in [0.15, 0.2) is 5.65 Å². The highest BCUT2D eigenvalue weighted by atomic mass is 16.1. The molecule has 0 aliphatic heterocycles. The van der Waals surface area contributed by atoms with Crippen LogP contribution in [0, 0.1) is 13.8 Å². The number of benzene rings is 1.